The Kier molecular flexibility index (Phi) is 7.01. The summed E-state index contributed by atoms with van der Waals surface area (Å²) in [5, 5.41) is 12.5. The second-order valence-electron chi connectivity index (χ2n) is 5.09. The molecule has 1 heterocycles. The molecule has 1 aliphatic rings. The van der Waals surface area contributed by atoms with Crippen molar-refractivity contribution in [1.29, 1.82) is 0 Å². The van der Waals surface area contributed by atoms with Gasteiger partial charge in [-0.15, -0.1) is 0 Å². The SMILES string of the molecule is CCN1CCCC(NCC(C)CCO)CC1. The second kappa shape index (κ2) is 8.04. The normalized spacial score (nSPS) is 25.3. The van der Waals surface area contributed by atoms with Gasteiger partial charge in [-0.1, -0.05) is 13.8 Å². The van der Waals surface area contributed by atoms with Crippen LogP contribution in [0.5, 0.6) is 0 Å². The first-order valence-electron chi connectivity index (χ1n) is 6.82. The lowest BCUT2D eigenvalue weighted by Crippen LogP contribution is -2.34. The van der Waals surface area contributed by atoms with Gasteiger partial charge in [-0.3, -0.25) is 0 Å². The van der Waals surface area contributed by atoms with Crippen LogP contribution < -0.4 is 5.32 Å². The Balaban J connectivity index is 2.17. The van der Waals surface area contributed by atoms with Crippen LogP contribution in [-0.4, -0.2) is 48.8 Å². The third kappa shape index (κ3) is 5.28. The van der Waals surface area contributed by atoms with Crippen molar-refractivity contribution < 1.29 is 5.11 Å². The van der Waals surface area contributed by atoms with Gasteiger partial charge in [0.1, 0.15) is 0 Å². The molecule has 0 amide bonds. The van der Waals surface area contributed by atoms with Crippen LogP contribution in [0.2, 0.25) is 0 Å². The summed E-state index contributed by atoms with van der Waals surface area (Å²) < 4.78 is 0. The monoisotopic (exact) mass is 228 g/mol. The Morgan fingerprint density at radius 1 is 1.38 bits per heavy atom. The van der Waals surface area contributed by atoms with E-state index in [1.807, 2.05) is 0 Å². The van der Waals surface area contributed by atoms with E-state index in [2.05, 4.69) is 24.1 Å². The fourth-order valence-electron chi connectivity index (χ4n) is 2.37. The van der Waals surface area contributed by atoms with Crippen molar-refractivity contribution in [2.24, 2.45) is 5.92 Å². The average molecular weight is 228 g/mol. The molecule has 1 rings (SSSR count). The fraction of sp³-hybridized carbons (Fsp3) is 1.00. The van der Waals surface area contributed by atoms with Gasteiger partial charge in [0.2, 0.25) is 0 Å². The summed E-state index contributed by atoms with van der Waals surface area (Å²) in [4.78, 5) is 2.54. The zero-order valence-corrected chi connectivity index (χ0v) is 10.9. The minimum atomic E-state index is 0.317. The molecule has 1 aliphatic heterocycles. The van der Waals surface area contributed by atoms with Crippen molar-refractivity contribution in [3.63, 3.8) is 0 Å². The molecule has 1 saturated heterocycles. The topological polar surface area (TPSA) is 35.5 Å². The summed E-state index contributed by atoms with van der Waals surface area (Å²) in [5.41, 5.74) is 0. The number of nitrogens with zero attached hydrogens (tertiary/aromatic N) is 1. The predicted molar refractivity (Wildman–Crippen MR) is 68.6 cm³/mol. The number of aliphatic hydroxyl groups is 1. The minimum Gasteiger partial charge on any atom is -0.396 e. The van der Waals surface area contributed by atoms with Gasteiger partial charge in [0.15, 0.2) is 0 Å². The number of hydrogen-bond acceptors (Lipinski definition) is 3. The summed E-state index contributed by atoms with van der Waals surface area (Å²) >= 11 is 0. The van der Waals surface area contributed by atoms with Gasteiger partial charge in [0.05, 0.1) is 0 Å². The van der Waals surface area contributed by atoms with Crippen molar-refractivity contribution in [2.75, 3.05) is 32.8 Å². The molecule has 96 valence electrons. The second-order valence-corrected chi connectivity index (χ2v) is 5.09. The molecule has 16 heavy (non-hydrogen) atoms. The maximum atomic E-state index is 8.85. The van der Waals surface area contributed by atoms with Crippen molar-refractivity contribution >= 4 is 0 Å². The van der Waals surface area contributed by atoms with Crippen molar-refractivity contribution in [3.8, 4) is 0 Å². The average Bonchev–Trinajstić information content (AvgIpc) is 2.51. The molecule has 0 radical (unpaired) electrons. The largest absolute Gasteiger partial charge is 0.396 e. The summed E-state index contributed by atoms with van der Waals surface area (Å²) in [6.45, 7) is 9.51. The third-order valence-electron chi connectivity index (χ3n) is 3.64. The first-order chi connectivity index (χ1) is 7.76. The van der Waals surface area contributed by atoms with Crippen molar-refractivity contribution in [2.45, 2.75) is 45.6 Å². The van der Waals surface area contributed by atoms with Crippen molar-refractivity contribution in [1.82, 2.24) is 10.2 Å². The number of aliphatic hydroxyl groups excluding tert-OH is 1. The Morgan fingerprint density at radius 3 is 2.88 bits per heavy atom. The fourth-order valence-corrected chi connectivity index (χ4v) is 2.37. The van der Waals surface area contributed by atoms with Gasteiger partial charge in [-0.2, -0.15) is 0 Å². The van der Waals surface area contributed by atoms with Crippen LogP contribution in [0.1, 0.15) is 39.5 Å². The highest BCUT2D eigenvalue weighted by Gasteiger charge is 2.15. The molecular weight excluding hydrogens is 200 g/mol. The molecular formula is C13H28N2O. The molecule has 0 aromatic heterocycles. The molecule has 0 aromatic carbocycles. The van der Waals surface area contributed by atoms with Gasteiger partial charge >= 0.3 is 0 Å². The Bertz CT molecular complexity index is 175. The number of nitrogens with one attached hydrogen (secondary N) is 1. The molecule has 0 saturated carbocycles. The van der Waals surface area contributed by atoms with E-state index in [-0.39, 0.29) is 0 Å². The Labute approximate surface area is 100 Å². The number of likely N-dealkylation sites (tertiary alicyclic amines) is 1. The summed E-state index contributed by atoms with van der Waals surface area (Å²) in [7, 11) is 0. The molecule has 2 unspecified atom stereocenters. The molecule has 2 atom stereocenters. The molecule has 3 heteroatoms. The standard InChI is InChI=1S/C13H28N2O/c1-3-15-8-4-5-13(6-9-15)14-11-12(2)7-10-16/h12-14,16H,3-11H2,1-2H3. The van der Waals surface area contributed by atoms with E-state index in [0.29, 0.717) is 18.6 Å². The first-order valence-corrected chi connectivity index (χ1v) is 6.82. The molecule has 1 fully saturated rings. The third-order valence-corrected chi connectivity index (χ3v) is 3.64. The van der Waals surface area contributed by atoms with Gasteiger partial charge in [0.25, 0.3) is 0 Å². The van der Waals surface area contributed by atoms with Gasteiger partial charge < -0.3 is 15.3 Å². The van der Waals surface area contributed by atoms with E-state index in [1.54, 1.807) is 0 Å². The Morgan fingerprint density at radius 2 is 2.19 bits per heavy atom. The molecule has 0 spiro atoms. The quantitative estimate of drug-likeness (QED) is 0.722. The van der Waals surface area contributed by atoms with E-state index in [1.165, 1.54) is 38.9 Å². The van der Waals surface area contributed by atoms with Crippen molar-refractivity contribution in [3.05, 3.63) is 0 Å². The van der Waals surface area contributed by atoms with E-state index in [0.717, 1.165) is 13.0 Å². The Hall–Kier alpha value is -0.120. The summed E-state index contributed by atoms with van der Waals surface area (Å²) in [6.07, 6.45) is 4.82. The van der Waals surface area contributed by atoms with E-state index >= 15 is 0 Å². The van der Waals surface area contributed by atoms with Crippen LogP contribution in [0.3, 0.4) is 0 Å². The highest BCUT2D eigenvalue weighted by atomic mass is 16.3. The zero-order chi connectivity index (χ0) is 11.8. The van der Waals surface area contributed by atoms with Gasteiger partial charge in [-0.05, 0) is 57.8 Å². The highest BCUT2D eigenvalue weighted by Crippen LogP contribution is 2.11. The van der Waals surface area contributed by atoms with Crippen LogP contribution in [0, 0.1) is 5.92 Å². The summed E-state index contributed by atoms with van der Waals surface area (Å²) in [6, 6.07) is 0.692. The maximum Gasteiger partial charge on any atom is 0.0434 e. The van der Waals surface area contributed by atoms with Gasteiger partial charge in [0, 0.05) is 12.6 Å². The van der Waals surface area contributed by atoms with E-state index in [9.17, 15) is 0 Å². The van der Waals surface area contributed by atoms with Crippen LogP contribution in [0.25, 0.3) is 0 Å². The molecule has 0 aromatic rings. The zero-order valence-electron chi connectivity index (χ0n) is 10.9. The lowest BCUT2D eigenvalue weighted by atomic mass is 10.1. The van der Waals surface area contributed by atoms with E-state index in [4.69, 9.17) is 5.11 Å². The van der Waals surface area contributed by atoms with Crippen LogP contribution in [-0.2, 0) is 0 Å². The smallest absolute Gasteiger partial charge is 0.0434 e. The lowest BCUT2D eigenvalue weighted by Gasteiger charge is -2.20. The first kappa shape index (κ1) is 13.9. The number of hydrogen-bond donors (Lipinski definition) is 2. The number of rotatable bonds is 6. The van der Waals surface area contributed by atoms with Crippen LogP contribution in [0.4, 0.5) is 0 Å². The minimum absolute atomic E-state index is 0.317. The van der Waals surface area contributed by atoms with Crippen LogP contribution >= 0.6 is 0 Å². The van der Waals surface area contributed by atoms with E-state index < -0.39 is 0 Å². The lowest BCUT2D eigenvalue weighted by molar-refractivity contribution is 0.255. The predicted octanol–water partition coefficient (Wildman–Crippen LogP) is 1.47. The molecule has 0 bridgehead atoms. The summed E-state index contributed by atoms with van der Waals surface area (Å²) in [5.74, 6) is 0.593. The van der Waals surface area contributed by atoms with Crippen LogP contribution in [0.15, 0.2) is 0 Å². The molecule has 0 aliphatic carbocycles. The highest BCUT2D eigenvalue weighted by molar-refractivity contribution is 4.75. The molecule has 3 nitrogen and oxygen atoms in total. The van der Waals surface area contributed by atoms with Gasteiger partial charge in [-0.25, -0.2) is 0 Å². The molecule has 2 N–H and O–H groups in total. The maximum absolute atomic E-state index is 8.85.